The molecule has 0 aromatic carbocycles. The SMILES string of the molecule is CCOC[C@@H](O)CN1CCN(C(=O)c2cnc(C)s2)CC1. The number of aliphatic hydroxyl groups is 1. The molecule has 1 N–H and O–H groups in total. The van der Waals surface area contributed by atoms with Gasteiger partial charge in [-0.3, -0.25) is 9.69 Å². The van der Waals surface area contributed by atoms with Crippen LogP contribution in [0.15, 0.2) is 6.20 Å². The van der Waals surface area contributed by atoms with Gasteiger partial charge in [-0.1, -0.05) is 0 Å². The van der Waals surface area contributed by atoms with Crippen LogP contribution in [0.5, 0.6) is 0 Å². The van der Waals surface area contributed by atoms with Crippen LogP contribution < -0.4 is 0 Å². The molecule has 1 aromatic rings. The van der Waals surface area contributed by atoms with Crippen molar-refractivity contribution in [2.45, 2.75) is 20.0 Å². The van der Waals surface area contributed by atoms with Crippen molar-refractivity contribution in [1.82, 2.24) is 14.8 Å². The van der Waals surface area contributed by atoms with E-state index in [0.717, 1.165) is 18.1 Å². The molecule has 1 aliphatic rings. The summed E-state index contributed by atoms with van der Waals surface area (Å²) < 4.78 is 5.21. The van der Waals surface area contributed by atoms with Crippen LogP contribution in [-0.4, -0.2) is 77.8 Å². The number of hydrogen-bond donors (Lipinski definition) is 1. The maximum absolute atomic E-state index is 12.3. The molecule has 0 radical (unpaired) electrons. The van der Waals surface area contributed by atoms with E-state index in [1.165, 1.54) is 11.3 Å². The van der Waals surface area contributed by atoms with E-state index in [0.29, 0.717) is 37.7 Å². The number of carbonyl (C=O) groups is 1. The summed E-state index contributed by atoms with van der Waals surface area (Å²) in [5.41, 5.74) is 0. The molecule has 1 amide bonds. The molecular weight excluding hydrogens is 290 g/mol. The smallest absolute Gasteiger partial charge is 0.265 e. The number of aromatic nitrogens is 1. The number of thiazole rings is 1. The summed E-state index contributed by atoms with van der Waals surface area (Å²) in [5.74, 6) is 0.0649. The Balaban J connectivity index is 1.76. The largest absolute Gasteiger partial charge is 0.389 e. The number of carbonyl (C=O) groups excluding carboxylic acids is 1. The molecule has 2 rings (SSSR count). The van der Waals surface area contributed by atoms with Gasteiger partial charge in [0.2, 0.25) is 0 Å². The van der Waals surface area contributed by atoms with Gasteiger partial charge in [0, 0.05) is 39.3 Å². The fraction of sp³-hybridized carbons (Fsp3) is 0.714. The number of aryl methyl sites for hydroxylation is 1. The molecule has 0 saturated carbocycles. The molecule has 0 unspecified atom stereocenters. The normalized spacial score (nSPS) is 18.0. The molecule has 1 aliphatic heterocycles. The zero-order valence-corrected chi connectivity index (χ0v) is 13.4. The molecule has 1 fully saturated rings. The van der Waals surface area contributed by atoms with Crippen LogP contribution in [-0.2, 0) is 4.74 Å². The zero-order valence-electron chi connectivity index (χ0n) is 12.6. The maximum Gasteiger partial charge on any atom is 0.265 e. The van der Waals surface area contributed by atoms with Crippen molar-refractivity contribution in [3.8, 4) is 0 Å². The third kappa shape index (κ3) is 4.74. The Morgan fingerprint density at radius 1 is 1.48 bits per heavy atom. The van der Waals surface area contributed by atoms with Gasteiger partial charge < -0.3 is 14.7 Å². The lowest BCUT2D eigenvalue weighted by Gasteiger charge is -2.35. The predicted octanol–water partition coefficient (Wildman–Crippen LogP) is 0.607. The van der Waals surface area contributed by atoms with Crippen molar-refractivity contribution >= 4 is 17.2 Å². The Hall–Kier alpha value is -1.02. The molecule has 1 aromatic heterocycles. The van der Waals surface area contributed by atoms with Crippen LogP contribution in [0.25, 0.3) is 0 Å². The third-order valence-corrected chi connectivity index (χ3v) is 4.38. The quantitative estimate of drug-likeness (QED) is 0.833. The van der Waals surface area contributed by atoms with Gasteiger partial charge in [0.25, 0.3) is 5.91 Å². The van der Waals surface area contributed by atoms with Crippen molar-refractivity contribution in [2.24, 2.45) is 0 Å². The highest BCUT2D eigenvalue weighted by atomic mass is 32.1. The van der Waals surface area contributed by atoms with E-state index in [1.807, 2.05) is 18.7 Å². The van der Waals surface area contributed by atoms with Crippen LogP contribution in [0.3, 0.4) is 0 Å². The van der Waals surface area contributed by atoms with E-state index in [9.17, 15) is 9.90 Å². The zero-order chi connectivity index (χ0) is 15.2. The van der Waals surface area contributed by atoms with Crippen molar-refractivity contribution < 1.29 is 14.6 Å². The first-order chi connectivity index (χ1) is 10.1. The van der Waals surface area contributed by atoms with Gasteiger partial charge in [0.15, 0.2) is 0 Å². The van der Waals surface area contributed by atoms with Crippen molar-refractivity contribution in [3.63, 3.8) is 0 Å². The van der Waals surface area contributed by atoms with Gasteiger partial charge in [-0.15, -0.1) is 11.3 Å². The van der Waals surface area contributed by atoms with Crippen molar-refractivity contribution in [1.29, 1.82) is 0 Å². The first kappa shape index (κ1) is 16.4. The Morgan fingerprint density at radius 3 is 2.76 bits per heavy atom. The van der Waals surface area contributed by atoms with Gasteiger partial charge in [-0.05, 0) is 13.8 Å². The average Bonchev–Trinajstić information content (AvgIpc) is 2.92. The molecule has 0 spiro atoms. The van der Waals surface area contributed by atoms with Gasteiger partial charge in [-0.25, -0.2) is 4.98 Å². The van der Waals surface area contributed by atoms with Crippen LogP contribution >= 0.6 is 11.3 Å². The minimum Gasteiger partial charge on any atom is -0.389 e. The number of nitrogens with zero attached hydrogens (tertiary/aromatic N) is 3. The van der Waals surface area contributed by atoms with Crippen LogP contribution in [0.2, 0.25) is 0 Å². The van der Waals surface area contributed by atoms with Crippen LogP contribution in [0.1, 0.15) is 21.6 Å². The van der Waals surface area contributed by atoms with Gasteiger partial charge in [0.05, 0.1) is 23.9 Å². The molecule has 1 saturated heterocycles. The molecule has 118 valence electrons. The molecule has 0 bridgehead atoms. The predicted molar refractivity (Wildman–Crippen MR) is 81.7 cm³/mol. The Kier molecular flexibility index (Phi) is 6.10. The number of ether oxygens (including phenoxy) is 1. The monoisotopic (exact) mass is 313 g/mol. The average molecular weight is 313 g/mol. The van der Waals surface area contributed by atoms with E-state index in [2.05, 4.69) is 9.88 Å². The highest BCUT2D eigenvalue weighted by Crippen LogP contribution is 2.15. The van der Waals surface area contributed by atoms with E-state index in [-0.39, 0.29) is 5.91 Å². The first-order valence-electron chi connectivity index (χ1n) is 7.30. The summed E-state index contributed by atoms with van der Waals surface area (Å²) in [6.45, 7) is 8.36. The topological polar surface area (TPSA) is 65.9 Å². The molecule has 2 heterocycles. The van der Waals surface area contributed by atoms with Crippen molar-refractivity contribution in [2.75, 3.05) is 45.9 Å². The molecule has 7 heteroatoms. The molecule has 21 heavy (non-hydrogen) atoms. The summed E-state index contributed by atoms with van der Waals surface area (Å²) in [6, 6.07) is 0. The summed E-state index contributed by atoms with van der Waals surface area (Å²) in [4.78, 5) is 21.2. The van der Waals surface area contributed by atoms with Gasteiger partial charge in [0.1, 0.15) is 4.88 Å². The van der Waals surface area contributed by atoms with E-state index in [1.54, 1.807) is 6.20 Å². The van der Waals surface area contributed by atoms with E-state index in [4.69, 9.17) is 4.74 Å². The second kappa shape index (κ2) is 7.84. The lowest BCUT2D eigenvalue weighted by molar-refractivity contribution is 0.0112. The number of rotatable bonds is 6. The molecule has 0 aliphatic carbocycles. The highest BCUT2D eigenvalue weighted by molar-refractivity contribution is 7.13. The highest BCUT2D eigenvalue weighted by Gasteiger charge is 2.24. The number of hydrogen-bond acceptors (Lipinski definition) is 6. The van der Waals surface area contributed by atoms with Crippen LogP contribution in [0.4, 0.5) is 0 Å². The van der Waals surface area contributed by atoms with E-state index < -0.39 is 6.10 Å². The summed E-state index contributed by atoms with van der Waals surface area (Å²) >= 11 is 1.44. The first-order valence-corrected chi connectivity index (χ1v) is 8.11. The van der Waals surface area contributed by atoms with Crippen molar-refractivity contribution in [3.05, 3.63) is 16.1 Å². The summed E-state index contributed by atoms with van der Waals surface area (Å²) in [6.07, 6.45) is 1.19. The summed E-state index contributed by atoms with van der Waals surface area (Å²) in [5, 5.41) is 10.7. The fourth-order valence-electron chi connectivity index (χ4n) is 2.35. The molecule has 1 atom stereocenters. The number of β-amino-alcohol motifs (C(OH)–C–C–N with tert-alkyl or cyclic N) is 1. The Labute approximate surface area is 129 Å². The lowest BCUT2D eigenvalue weighted by atomic mass is 10.2. The molecular formula is C14H23N3O3S. The Bertz CT molecular complexity index is 458. The van der Waals surface area contributed by atoms with E-state index >= 15 is 0 Å². The second-order valence-corrected chi connectivity index (χ2v) is 6.38. The molecule has 6 nitrogen and oxygen atoms in total. The lowest BCUT2D eigenvalue weighted by Crippen LogP contribution is -2.50. The minimum absolute atomic E-state index is 0.0649. The summed E-state index contributed by atoms with van der Waals surface area (Å²) in [7, 11) is 0. The van der Waals surface area contributed by atoms with Gasteiger partial charge in [-0.2, -0.15) is 0 Å². The Morgan fingerprint density at radius 2 is 2.19 bits per heavy atom. The number of amides is 1. The van der Waals surface area contributed by atoms with Gasteiger partial charge >= 0.3 is 0 Å². The minimum atomic E-state index is -0.462. The standard InChI is InChI=1S/C14H23N3O3S/c1-3-20-10-12(18)9-16-4-6-17(7-5-16)14(19)13-8-15-11(2)21-13/h8,12,18H,3-7,9-10H2,1-2H3/t12-/m0/s1. The van der Waals surface area contributed by atoms with Crippen LogP contribution in [0, 0.1) is 6.92 Å². The number of aliphatic hydroxyl groups excluding tert-OH is 1. The third-order valence-electron chi connectivity index (χ3n) is 3.47. The maximum atomic E-state index is 12.3. The second-order valence-electron chi connectivity index (χ2n) is 5.15. The fourth-order valence-corrected chi connectivity index (χ4v) is 3.10. The number of piperazine rings is 1.